The van der Waals surface area contributed by atoms with Gasteiger partial charge in [-0.05, 0) is 106 Å². The third-order valence-electron chi connectivity index (χ3n) is 9.77. The monoisotopic (exact) mass is 752 g/mol. The highest BCUT2D eigenvalue weighted by molar-refractivity contribution is 9.10. The summed E-state index contributed by atoms with van der Waals surface area (Å²) in [6, 6.07) is 45.1. The molecule has 0 unspecified atom stereocenters. The van der Waals surface area contributed by atoms with Gasteiger partial charge in [-0.25, -0.2) is 0 Å². The lowest BCUT2D eigenvalue weighted by atomic mass is 9.86. The van der Waals surface area contributed by atoms with Crippen molar-refractivity contribution in [2.24, 2.45) is 0 Å². The number of halogens is 2. The van der Waals surface area contributed by atoms with Crippen LogP contribution in [0.2, 0.25) is 0 Å². The second-order valence-corrected chi connectivity index (χ2v) is 16.9. The minimum atomic E-state index is 0.0665. The quantitative estimate of drug-likeness (QED) is 0.170. The average Bonchev–Trinajstić information content (AvgIpc) is 3.55. The predicted octanol–water partition coefficient (Wildman–Crippen LogP) is 13.7. The van der Waals surface area contributed by atoms with Gasteiger partial charge >= 0.3 is 0 Å². The van der Waals surface area contributed by atoms with E-state index in [9.17, 15) is 0 Å². The van der Waals surface area contributed by atoms with E-state index < -0.39 is 0 Å². The number of rotatable bonds is 3. The van der Waals surface area contributed by atoms with Crippen LogP contribution >= 0.6 is 31.9 Å². The Kier molecular flexibility index (Phi) is 7.28. The number of aromatic nitrogens is 2. The minimum absolute atomic E-state index is 0.0665. The Labute approximate surface area is 299 Å². The summed E-state index contributed by atoms with van der Waals surface area (Å²) in [6.07, 6.45) is 0. The normalized spacial score (nSPS) is 12.6. The van der Waals surface area contributed by atoms with E-state index in [4.69, 9.17) is 0 Å². The van der Waals surface area contributed by atoms with Crippen molar-refractivity contribution in [1.29, 1.82) is 0 Å². The summed E-state index contributed by atoms with van der Waals surface area (Å²) in [5.41, 5.74) is 12.4. The standard InChI is InChI=1S/C44H38Br2N2/c1-43(2,3)29-11-19-35-37-25-31(45)13-21-39(37)47(41(35)23-29)33-15-7-27(8-16-33)28-9-17-34(18-10-28)48-40-22-14-32(46)26-38(40)36-20-12-30(24-42(36)48)44(4,5)6/h7-26H,1-6H3. The Morgan fingerprint density at radius 3 is 1.10 bits per heavy atom. The molecule has 238 valence electrons. The maximum Gasteiger partial charge on any atom is 0.0544 e. The molecule has 8 rings (SSSR count). The summed E-state index contributed by atoms with van der Waals surface area (Å²) in [4.78, 5) is 0. The molecule has 0 amide bonds. The minimum Gasteiger partial charge on any atom is -0.309 e. The summed E-state index contributed by atoms with van der Waals surface area (Å²) in [5, 5.41) is 5.05. The first-order valence-corrected chi connectivity index (χ1v) is 18.2. The SMILES string of the molecule is CC(C)(C)c1ccc2c3cc(Br)ccc3n(-c3ccc(-c4ccc(-n5c6ccc(Br)cc6c6ccc(C(C)(C)C)cc65)cc4)cc3)c2c1. The van der Waals surface area contributed by atoms with E-state index in [0.717, 1.165) is 20.3 Å². The average molecular weight is 755 g/mol. The molecule has 8 aromatic rings. The highest BCUT2D eigenvalue weighted by Gasteiger charge is 2.20. The van der Waals surface area contributed by atoms with Crippen molar-refractivity contribution in [2.75, 3.05) is 0 Å². The summed E-state index contributed by atoms with van der Waals surface area (Å²) in [5.74, 6) is 0. The predicted molar refractivity (Wildman–Crippen MR) is 213 cm³/mol. The van der Waals surface area contributed by atoms with Gasteiger partial charge in [0.25, 0.3) is 0 Å². The fraction of sp³-hybridized carbons (Fsp3) is 0.182. The van der Waals surface area contributed by atoms with Gasteiger partial charge in [-0.2, -0.15) is 0 Å². The lowest BCUT2D eigenvalue weighted by Gasteiger charge is -2.19. The number of hydrogen-bond donors (Lipinski definition) is 0. The van der Waals surface area contributed by atoms with Crippen LogP contribution in [-0.4, -0.2) is 9.13 Å². The van der Waals surface area contributed by atoms with Crippen molar-refractivity contribution >= 4 is 75.5 Å². The zero-order valence-electron chi connectivity index (χ0n) is 28.2. The first-order valence-electron chi connectivity index (χ1n) is 16.6. The van der Waals surface area contributed by atoms with Crippen molar-refractivity contribution in [2.45, 2.75) is 52.4 Å². The first-order chi connectivity index (χ1) is 22.9. The van der Waals surface area contributed by atoms with Gasteiger partial charge in [0.15, 0.2) is 0 Å². The topological polar surface area (TPSA) is 9.86 Å². The van der Waals surface area contributed by atoms with Crippen molar-refractivity contribution in [1.82, 2.24) is 9.13 Å². The molecule has 2 heterocycles. The Bertz CT molecular complexity index is 2340. The largest absolute Gasteiger partial charge is 0.309 e. The van der Waals surface area contributed by atoms with Gasteiger partial charge in [0.05, 0.1) is 22.1 Å². The molecule has 4 heteroatoms. The summed E-state index contributed by atoms with van der Waals surface area (Å²) >= 11 is 7.41. The molecule has 0 saturated carbocycles. The second-order valence-electron chi connectivity index (χ2n) is 15.1. The number of fused-ring (bicyclic) bond motifs is 6. The van der Waals surface area contributed by atoms with Gasteiger partial charge in [-0.3, -0.25) is 0 Å². The maximum atomic E-state index is 3.71. The molecule has 0 fully saturated rings. The van der Waals surface area contributed by atoms with Gasteiger partial charge in [0, 0.05) is 41.9 Å². The van der Waals surface area contributed by atoms with Crippen LogP contribution in [0.25, 0.3) is 66.1 Å². The van der Waals surface area contributed by atoms with E-state index in [1.807, 2.05) is 0 Å². The van der Waals surface area contributed by atoms with E-state index in [2.05, 4.69) is 204 Å². The highest BCUT2D eigenvalue weighted by atomic mass is 79.9. The van der Waals surface area contributed by atoms with Crippen LogP contribution in [0.1, 0.15) is 52.7 Å². The van der Waals surface area contributed by atoms with Crippen LogP contribution in [0.3, 0.4) is 0 Å². The van der Waals surface area contributed by atoms with Gasteiger partial charge < -0.3 is 9.13 Å². The molecule has 48 heavy (non-hydrogen) atoms. The Morgan fingerprint density at radius 1 is 0.375 bits per heavy atom. The summed E-state index contributed by atoms with van der Waals surface area (Å²) in [7, 11) is 0. The molecule has 0 radical (unpaired) electrons. The van der Waals surface area contributed by atoms with Crippen molar-refractivity contribution in [3.05, 3.63) is 141 Å². The molecular weight excluding hydrogens is 716 g/mol. The number of hydrogen-bond acceptors (Lipinski definition) is 0. The fourth-order valence-corrected chi connectivity index (χ4v) is 7.80. The lowest BCUT2D eigenvalue weighted by Crippen LogP contribution is -2.10. The van der Waals surface area contributed by atoms with E-state index >= 15 is 0 Å². The smallest absolute Gasteiger partial charge is 0.0544 e. The molecule has 0 aliphatic rings. The van der Waals surface area contributed by atoms with Crippen LogP contribution in [0.4, 0.5) is 0 Å². The second kappa shape index (κ2) is 11.2. The Balaban J connectivity index is 1.21. The molecule has 0 bridgehead atoms. The van der Waals surface area contributed by atoms with Gasteiger partial charge in [0.2, 0.25) is 0 Å². The van der Waals surface area contributed by atoms with Crippen molar-refractivity contribution in [3.8, 4) is 22.5 Å². The highest BCUT2D eigenvalue weighted by Crippen LogP contribution is 2.39. The third-order valence-corrected chi connectivity index (χ3v) is 10.8. The van der Waals surface area contributed by atoms with Crippen LogP contribution in [0.5, 0.6) is 0 Å². The Morgan fingerprint density at radius 2 is 0.750 bits per heavy atom. The molecule has 0 aliphatic heterocycles. The summed E-state index contributed by atoms with van der Waals surface area (Å²) < 4.78 is 7.00. The fourth-order valence-electron chi connectivity index (χ4n) is 7.08. The maximum absolute atomic E-state index is 3.71. The molecule has 0 atom stereocenters. The van der Waals surface area contributed by atoms with Gasteiger partial charge in [-0.15, -0.1) is 0 Å². The van der Waals surface area contributed by atoms with Crippen LogP contribution in [0, 0.1) is 0 Å². The van der Waals surface area contributed by atoms with E-state index in [0.29, 0.717) is 0 Å². The third kappa shape index (κ3) is 5.21. The molecule has 6 aromatic carbocycles. The van der Waals surface area contributed by atoms with Crippen LogP contribution in [0.15, 0.2) is 130 Å². The molecule has 2 nitrogen and oxygen atoms in total. The molecule has 0 saturated heterocycles. The van der Waals surface area contributed by atoms with Crippen molar-refractivity contribution < 1.29 is 0 Å². The number of benzene rings is 6. The molecule has 0 aliphatic carbocycles. The van der Waals surface area contributed by atoms with Gasteiger partial charge in [0.1, 0.15) is 0 Å². The molecule has 0 N–H and O–H groups in total. The van der Waals surface area contributed by atoms with E-state index in [1.54, 1.807) is 0 Å². The lowest BCUT2D eigenvalue weighted by molar-refractivity contribution is 0.590. The molecule has 0 spiro atoms. The van der Waals surface area contributed by atoms with Crippen LogP contribution < -0.4 is 0 Å². The first kappa shape index (κ1) is 31.2. The van der Waals surface area contributed by atoms with Crippen molar-refractivity contribution in [3.63, 3.8) is 0 Å². The summed E-state index contributed by atoms with van der Waals surface area (Å²) in [6.45, 7) is 13.7. The zero-order chi connectivity index (χ0) is 33.5. The number of nitrogens with zero attached hydrogens (tertiary/aromatic N) is 2. The van der Waals surface area contributed by atoms with Gasteiger partial charge in [-0.1, -0.05) is 122 Å². The van der Waals surface area contributed by atoms with E-state index in [-0.39, 0.29) is 10.8 Å². The molecule has 2 aromatic heterocycles. The van der Waals surface area contributed by atoms with E-state index in [1.165, 1.54) is 65.9 Å². The molecular formula is C44H38Br2N2. The zero-order valence-corrected chi connectivity index (χ0v) is 31.4. The Hall–Kier alpha value is -4.12. The van der Waals surface area contributed by atoms with Crippen LogP contribution in [-0.2, 0) is 10.8 Å².